The van der Waals surface area contributed by atoms with Crippen LogP contribution < -0.4 is 0 Å². The minimum absolute atomic E-state index is 0.128. The molecule has 0 bridgehead atoms. The summed E-state index contributed by atoms with van der Waals surface area (Å²) in [6.07, 6.45) is 7.77. The van der Waals surface area contributed by atoms with Crippen LogP contribution in [-0.2, 0) is 19.0 Å². The van der Waals surface area contributed by atoms with E-state index >= 15 is 0 Å². The van der Waals surface area contributed by atoms with Crippen LogP contribution in [0.3, 0.4) is 0 Å². The SMILES string of the molecule is CC(=O)O/C=C(/OC(=O)OC1C=CCCCC1)c1ccccc1. The zero-order valence-electron chi connectivity index (χ0n) is 13.1. The van der Waals surface area contributed by atoms with Gasteiger partial charge in [-0.1, -0.05) is 36.4 Å². The van der Waals surface area contributed by atoms with Crippen molar-refractivity contribution in [2.75, 3.05) is 0 Å². The molecule has 0 heterocycles. The molecule has 5 heteroatoms. The van der Waals surface area contributed by atoms with Gasteiger partial charge < -0.3 is 14.2 Å². The summed E-state index contributed by atoms with van der Waals surface area (Å²) < 4.78 is 15.3. The van der Waals surface area contributed by atoms with E-state index in [-0.39, 0.29) is 11.9 Å². The van der Waals surface area contributed by atoms with Gasteiger partial charge >= 0.3 is 12.1 Å². The summed E-state index contributed by atoms with van der Waals surface area (Å²) in [6.45, 7) is 1.27. The average molecular weight is 316 g/mol. The molecule has 122 valence electrons. The predicted molar refractivity (Wildman–Crippen MR) is 85.1 cm³/mol. The van der Waals surface area contributed by atoms with Gasteiger partial charge in [-0.3, -0.25) is 4.79 Å². The Labute approximate surface area is 135 Å². The first-order chi connectivity index (χ1) is 11.1. The third-order valence-corrected chi connectivity index (χ3v) is 3.29. The molecule has 0 amide bonds. The van der Waals surface area contributed by atoms with Crippen molar-refractivity contribution < 1.29 is 23.8 Å². The number of ether oxygens (including phenoxy) is 3. The second-order valence-corrected chi connectivity index (χ2v) is 5.18. The van der Waals surface area contributed by atoms with Crippen LogP contribution in [0.2, 0.25) is 0 Å². The summed E-state index contributed by atoms with van der Waals surface area (Å²) in [5, 5.41) is 0. The molecule has 1 aromatic rings. The van der Waals surface area contributed by atoms with E-state index in [1.165, 1.54) is 6.92 Å². The molecule has 5 nitrogen and oxygen atoms in total. The van der Waals surface area contributed by atoms with Gasteiger partial charge in [0.05, 0.1) is 0 Å². The maximum atomic E-state index is 12.0. The fourth-order valence-corrected chi connectivity index (χ4v) is 2.18. The van der Waals surface area contributed by atoms with E-state index in [1.807, 2.05) is 18.2 Å². The lowest BCUT2D eigenvalue weighted by Gasteiger charge is -2.14. The number of carbonyl (C=O) groups excluding carboxylic acids is 2. The van der Waals surface area contributed by atoms with Crippen molar-refractivity contribution in [1.82, 2.24) is 0 Å². The zero-order valence-corrected chi connectivity index (χ0v) is 13.1. The van der Waals surface area contributed by atoms with E-state index in [0.717, 1.165) is 31.9 Å². The Morgan fingerprint density at radius 3 is 2.70 bits per heavy atom. The van der Waals surface area contributed by atoms with Crippen molar-refractivity contribution >= 4 is 17.9 Å². The van der Waals surface area contributed by atoms with Gasteiger partial charge in [-0.25, -0.2) is 4.79 Å². The summed E-state index contributed by atoms with van der Waals surface area (Å²) in [5.41, 5.74) is 0.613. The fraction of sp³-hybridized carbons (Fsp3) is 0.333. The first-order valence-electron chi connectivity index (χ1n) is 7.63. The maximum Gasteiger partial charge on any atom is 0.514 e. The highest BCUT2D eigenvalue weighted by Crippen LogP contribution is 2.19. The number of esters is 1. The maximum absolute atomic E-state index is 12.0. The number of carbonyl (C=O) groups is 2. The zero-order chi connectivity index (χ0) is 16.5. The molecule has 0 N–H and O–H groups in total. The highest BCUT2D eigenvalue weighted by molar-refractivity contribution is 5.74. The van der Waals surface area contributed by atoms with E-state index in [2.05, 4.69) is 0 Å². The summed E-state index contributed by atoms with van der Waals surface area (Å²) in [4.78, 5) is 23.0. The van der Waals surface area contributed by atoms with Crippen molar-refractivity contribution in [2.45, 2.75) is 38.7 Å². The number of hydrogen-bond donors (Lipinski definition) is 0. The molecule has 0 saturated heterocycles. The summed E-state index contributed by atoms with van der Waals surface area (Å²) in [7, 11) is 0. The lowest BCUT2D eigenvalue weighted by Crippen LogP contribution is -2.16. The molecule has 1 atom stereocenters. The summed E-state index contributed by atoms with van der Waals surface area (Å²) >= 11 is 0. The number of rotatable bonds is 4. The van der Waals surface area contributed by atoms with Crippen LogP contribution in [0, 0.1) is 0 Å². The Bertz CT molecular complexity index is 589. The molecule has 2 rings (SSSR count). The van der Waals surface area contributed by atoms with Gasteiger partial charge in [0.15, 0.2) is 5.76 Å². The molecule has 0 saturated carbocycles. The number of benzene rings is 1. The predicted octanol–water partition coefficient (Wildman–Crippen LogP) is 4.20. The lowest BCUT2D eigenvalue weighted by molar-refractivity contribution is -0.135. The Balaban J connectivity index is 2.03. The van der Waals surface area contributed by atoms with E-state index < -0.39 is 12.1 Å². The summed E-state index contributed by atoms with van der Waals surface area (Å²) in [5.74, 6) is -0.370. The van der Waals surface area contributed by atoms with Gasteiger partial charge in [-0.2, -0.15) is 0 Å². The number of allylic oxidation sites excluding steroid dienone is 1. The topological polar surface area (TPSA) is 61.8 Å². The monoisotopic (exact) mass is 316 g/mol. The molecule has 1 aromatic carbocycles. The standard InChI is InChI=1S/C18H20O5/c1-14(19)21-13-17(15-9-5-4-6-10-15)23-18(20)22-16-11-7-2-3-8-12-16/h4-7,9-11,13,16H,2-3,8,12H2,1H3/b17-13+. The molecule has 1 aliphatic carbocycles. The van der Waals surface area contributed by atoms with Crippen LogP contribution in [0.15, 0.2) is 48.7 Å². The third kappa shape index (κ3) is 5.98. The normalized spacial score (nSPS) is 18.0. The Morgan fingerprint density at radius 1 is 1.17 bits per heavy atom. The molecule has 23 heavy (non-hydrogen) atoms. The number of hydrogen-bond acceptors (Lipinski definition) is 5. The highest BCUT2D eigenvalue weighted by atomic mass is 16.7. The average Bonchev–Trinajstić information content (AvgIpc) is 2.80. The van der Waals surface area contributed by atoms with E-state index in [1.54, 1.807) is 24.3 Å². The van der Waals surface area contributed by atoms with Crippen LogP contribution in [-0.4, -0.2) is 18.2 Å². The molecule has 0 aliphatic heterocycles. The summed E-state index contributed by atoms with van der Waals surface area (Å²) in [6, 6.07) is 8.91. The minimum Gasteiger partial charge on any atom is -0.431 e. The van der Waals surface area contributed by atoms with Gasteiger partial charge in [-0.05, 0) is 31.8 Å². The second kappa shape index (κ2) is 8.78. The Hall–Kier alpha value is -2.56. The molecule has 1 unspecified atom stereocenters. The van der Waals surface area contributed by atoms with Crippen LogP contribution in [0.1, 0.15) is 38.2 Å². The van der Waals surface area contributed by atoms with Crippen LogP contribution >= 0.6 is 0 Å². The van der Waals surface area contributed by atoms with Crippen molar-refractivity contribution in [2.24, 2.45) is 0 Å². The Kier molecular flexibility index (Phi) is 6.41. The Morgan fingerprint density at radius 2 is 1.96 bits per heavy atom. The van der Waals surface area contributed by atoms with E-state index in [9.17, 15) is 9.59 Å². The highest BCUT2D eigenvalue weighted by Gasteiger charge is 2.17. The van der Waals surface area contributed by atoms with Crippen molar-refractivity contribution in [1.29, 1.82) is 0 Å². The molecular formula is C18H20O5. The van der Waals surface area contributed by atoms with Crippen molar-refractivity contribution in [3.05, 3.63) is 54.3 Å². The van der Waals surface area contributed by atoms with Gasteiger partial charge in [0.25, 0.3) is 0 Å². The van der Waals surface area contributed by atoms with Gasteiger partial charge in [-0.15, -0.1) is 0 Å². The van der Waals surface area contributed by atoms with Crippen molar-refractivity contribution in [3.8, 4) is 0 Å². The quantitative estimate of drug-likeness (QED) is 0.473. The van der Waals surface area contributed by atoms with Gasteiger partial charge in [0.1, 0.15) is 12.4 Å². The van der Waals surface area contributed by atoms with E-state index in [4.69, 9.17) is 14.2 Å². The largest absolute Gasteiger partial charge is 0.514 e. The molecule has 0 spiro atoms. The lowest BCUT2D eigenvalue weighted by atomic mass is 10.2. The van der Waals surface area contributed by atoms with Crippen LogP contribution in [0.4, 0.5) is 4.79 Å². The van der Waals surface area contributed by atoms with Crippen molar-refractivity contribution in [3.63, 3.8) is 0 Å². The second-order valence-electron chi connectivity index (χ2n) is 5.18. The molecule has 1 aliphatic rings. The molecule has 0 fully saturated rings. The van der Waals surface area contributed by atoms with Crippen LogP contribution in [0.5, 0.6) is 0 Å². The third-order valence-electron chi connectivity index (χ3n) is 3.29. The molecule has 0 aromatic heterocycles. The first kappa shape index (κ1) is 16.8. The minimum atomic E-state index is -0.816. The first-order valence-corrected chi connectivity index (χ1v) is 7.63. The van der Waals surface area contributed by atoms with Gasteiger partial charge in [0, 0.05) is 12.5 Å². The van der Waals surface area contributed by atoms with Gasteiger partial charge in [0.2, 0.25) is 0 Å². The van der Waals surface area contributed by atoms with Crippen LogP contribution in [0.25, 0.3) is 5.76 Å². The molecular weight excluding hydrogens is 296 g/mol. The van der Waals surface area contributed by atoms with E-state index in [0.29, 0.717) is 5.56 Å². The fourth-order valence-electron chi connectivity index (χ4n) is 2.18. The smallest absolute Gasteiger partial charge is 0.431 e. The molecule has 0 radical (unpaired) electrons.